The average molecular weight is 287 g/mol. The number of para-hydroxylation sites is 1. The second kappa shape index (κ2) is 7.23. The minimum absolute atomic E-state index is 0.226. The molecule has 0 bridgehead atoms. The number of ether oxygens (including phenoxy) is 1. The van der Waals surface area contributed by atoms with Gasteiger partial charge in [0.05, 0.1) is 0 Å². The van der Waals surface area contributed by atoms with Crippen LogP contribution in [0, 0.1) is 0 Å². The van der Waals surface area contributed by atoms with Crippen molar-refractivity contribution in [3.8, 4) is 5.75 Å². The molecule has 0 aliphatic carbocycles. The van der Waals surface area contributed by atoms with Gasteiger partial charge in [-0.2, -0.15) is 0 Å². The summed E-state index contributed by atoms with van der Waals surface area (Å²) < 4.78 is 6.94. The van der Waals surface area contributed by atoms with Crippen LogP contribution in [-0.4, -0.2) is 28.1 Å². The van der Waals surface area contributed by atoms with Crippen LogP contribution in [0.15, 0.2) is 53.6 Å². The van der Waals surface area contributed by atoms with Crippen molar-refractivity contribution in [2.45, 2.75) is 19.6 Å². The molecule has 0 fully saturated rings. The van der Waals surface area contributed by atoms with Crippen LogP contribution in [0.1, 0.15) is 6.92 Å². The summed E-state index contributed by atoms with van der Waals surface area (Å²) >= 11 is 0. The molecule has 0 aliphatic heterocycles. The van der Waals surface area contributed by atoms with Crippen molar-refractivity contribution in [2.24, 2.45) is 0 Å². The number of benzene rings is 1. The van der Waals surface area contributed by atoms with Gasteiger partial charge >= 0.3 is 5.69 Å². The highest BCUT2D eigenvalue weighted by Crippen LogP contribution is 2.10. The van der Waals surface area contributed by atoms with Crippen molar-refractivity contribution in [2.75, 3.05) is 6.54 Å². The van der Waals surface area contributed by atoms with Crippen molar-refractivity contribution in [3.05, 3.63) is 59.3 Å². The molecule has 1 aromatic heterocycles. The van der Waals surface area contributed by atoms with Gasteiger partial charge in [0.2, 0.25) is 0 Å². The normalized spacial score (nSPS) is 11.7. The summed E-state index contributed by atoms with van der Waals surface area (Å²) in [6, 6.07) is 10.8. The van der Waals surface area contributed by atoms with Crippen molar-refractivity contribution in [1.29, 1.82) is 0 Å². The summed E-state index contributed by atoms with van der Waals surface area (Å²) in [5.74, 6) is 0.416. The van der Waals surface area contributed by atoms with E-state index in [0.717, 1.165) is 0 Å². The quantitative estimate of drug-likeness (QED) is 0.854. The van der Waals surface area contributed by atoms with E-state index in [9.17, 15) is 9.59 Å². The molecule has 0 saturated heterocycles. The zero-order chi connectivity index (χ0) is 15.1. The third kappa shape index (κ3) is 4.45. The summed E-state index contributed by atoms with van der Waals surface area (Å²) in [5, 5.41) is 2.73. The SMILES string of the molecule is CC(Oc1ccccc1)C(=O)NCCn1cccnc1=O. The Morgan fingerprint density at radius 3 is 2.81 bits per heavy atom. The van der Waals surface area contributed by atoms with E-state index in [1.165, 1.54) is 10.8 Å². The Morgan fingerprint density at radius 1 is 1.33 bits per heavy atom. The van der Waals surface area contributed by atoms with Crippen LogP contribution < -0.4 is 15.7 Å². The van der Waals surface area contributed by atoms with Crippen molar-refractivity contribution in [3.63, 3.8) is 0 Å². The Bertz CT molecular complexity index is 640. The highest BCUT2D eigenvalue weighted by atomic mass is 16.5. The molecule has 6 heteroatoms. The molecule has 1 N–H and O–H groups in total. The van der Waals surface area contributed by atoms with Crippen LogP contribution in [0.2, 0.25) is 0 Å². The molecule has 0 radical (unpaired) electrons. The number of carbonyl (C=O) groups is 1. The summed E-state index contributed by atoms with van der Waals surface area (Å²) in [7, 11) is 0. The Balaban J connectivity index is 1.79. The molecule has 1 heterocycles. The smallest absolute Gasteiger partial charge is 0.347 e. The zero-order valence-corrected chi connectivity index (χ0v) is 11.7. The molecule has 2 aromatic rings. The Kier molecular flexibility index (Phi) is 5.09. The lowest BCUT2D eigenvalue weighted by Gasteiger charge is -2.14. The summed E-state index contributed by atoms with van der Waals surface area (Å²) in [5.41, 5.74) is -0.333. The van der Waals surface area contributed by atoms with E-state index in [4.69, 9.17) is 4.74 Å². The number of aromatic nitrogens is 2. The van der Waals surface area contributed by atoms with Crippen LogP contribution in [0.3, 0.4) is 0 Å². The van der Waals surface area contributed by atoms with Gasteiger partial charge in [0.15, 0.2) is 6.10 Å². The maximum Gasteiger partial charge on any atom is 0.347 e. The summed E-state index contributed by atoms with van der Waals surface area (Å²) in [6.07, 6.45) is 2.47. The molecular weight excluding hydrogens is 270 g/mol. The minimum atomic E-state index is -0.599. The van der Waals surface area contributed by atoms with Gasteiger partial charge in [-0.05, 0) is 25.1 Å². The lowest BCUT2D eigenvalue weighted by Crippen LogP contribution is -2.39. The predicted molar refractivity (Wildman–Crippen MR) is 78.0 cm³/mol. The van der Waals surface area contributed by atoms with Gasteiger partial charge < -0.3 is 10.1 Å². The van der Waals surface area contributed by atoms with Gasteiger partial charge in [0.1, 0.15) is 5.75 Å². The van der Waals surface area contributed by atoms with Gasteiger partial charge in [-0.3, -0.25) is 9.36 Å². The third-order valence-electron chi connectivity index (χ3n) is 2.86. The highest BCUT2D eigenvalue weighted by molar-refractivity contribution is 5.80. The number of hydrogen-bond donors (Lipinski definition) is 1. The number of nitrogens with zero attached hydrogens (tertiary/aromatic N) is 2. The van der Waals surface area contributed by atoms with Crippen LogP contribution >= 0.6 is 0 Å². The summed E-state index contributed by atoms with van der Waals surface area (Å²) in [4.78, 5) is 26.9. The van der Waals surface area contributed by atoms with Gasteiger partial charge in [-0.15, -0.1) is 0 Å². The first-order chi connectivity index (χ1) is 10.2. The lowest BCUT2D eigenvalue weighted by molar-refractivity contribution is -0.127. The fraction of sp³-hybridized carbons (Fsp3) is 0.267. The molecule has 1 amide bonds. The zero-order valence-electron chi connectivity index (χ0n) is 11.7. The number of nitrogens with one attached hydrogen (secondary N) is 1. The number of hydrogen-bond acceptors (Lipinski definition) is 4. The van der Waals surface area contributed by atoms with Gasteiger partial charge in [0.25, 0.3) is 5.91 Å². The van der Waals surface area contributed by atoms with Crippen LogP contribution in [0.4, 0.5) is 0 Å². The Labute approximate surface area is 122 Å². The second-order valence-corrected chi connectivity index (χ2v) is 4.46. The largest absolute Gasteiger partial charge is 0.481 e. The highest BCUT2D eigenvalue weighted by Gasteiger charge is 2.13. The van der Waals surface area contributed by atoms with E-state index in [2.05, 4.69) is 10.3 Å². The van der Waals surface area contributed by atoms with Gasteiger partial charge in [-0.1, -0.05) is 18.2 Å². The van der Waals surface area contributed by atoms with E-state index in [1.807, 2.05) is 18.2 Å². The molecule has 21 heavy (non-hydrogen) atoms. The molecule has 1 unspecified atom stereocenters. The fourth-order valence-corrected chi connectivity index (χ4v) is 1.76. The molecule has 6 nitrogen and oxygen atoms in total. The molecule has 2 rings (SSSR count). The molecule has 110 valence electrons. The second-order valence-electron chi connectivity index (χ2n) is 4.46. The first-order valence-corrected chi connectivity index (χ1v) is 6.67. The standard InChI is InChI=1S/C15H17N3O3/c1-12(21-13-6-3-2-4-7-13)14(19)16-9-11-18-10-5-8-17-15(18)20/h2-8,10,12H,9,11H2,1H3,(H,16,19). The number of carbonyl (C=O) groups excluding carboxylic acids is 1. The third-order valence-corrected chi connectivity index (χ3v) is 2.86. The van der Waals surface area contributed by atoms with E-state index in [-0.39, 0.29) is 11.6 Å². The van der Waals surface area contributed by atoms with Gasteiger partial charge in [0, 0.05) is 25.5 Å². The molecule has 0 saturated carbocycles. The van der Waals surface area contributed by atoms with Crippen LogP contribution in [0.25, 0.3) is 0 Å². The molecule has 1 aromatic carbocycles. The minimum Gasteiger partial charge on any atom is -0.481 e. The average Bonchev–Trinajstić information content (AvgIpc) is 2.50. The molecule has 0 spiro atoms. The molecular formula is C15H17N3O3. The molecule has 0 aliphatic rings. The van der Waals surface area contributed by atoms with E-state index in [1.54, 1.807) is 31.3 Å². The van der Waals surface area contributed by atoms with E-state index >= 15 is 0 Å². The first kappa shape index (κ1) is 14.8. The topological polar surface area (TPSA) is 73.2 Å². The monoisotopic (exact) mass is 287 g/mol. The van der Waals surface area contributed by atoms with Crippen LogP contribution in [0.5, 0.6) is 5.75 Å². The van der Waals surface area contributed by atoms with Crippen LogP contribution in [-0.2, 0) is 11.3 Å². The fourth-order valence-electron chi connectivity index (χ4n) is 1.76. The van der Waals surface area contributed by atoms with Crippen molar-refractivity contribution < 1.29 is 9.53 Å². The first-order valence-electron chi connectivity index (χ1n) is 6.67. The van der Waals surface area contributed by atoms with Crippen molar-refractivity contribution >= 4 is 5.91 Å². The lowest BCUT2D eigenvalue weighted by atomic mass is 10.3. The summed E-state index contributed by atoms with van der Waals surface area (Å²) in [6.45, 7) is 2.39. The Morgan fingerprint density at radius 2 is 2.10 bits per heavy atom. The van der Waals surface area contributed by atoms with E-state index < -0.39 is 6.10 Å². The maximum absolute atomic E-state index is 11.9. The number of rotatable bonds is 6. The van der Waals surface area contributed by atoms with Gasteiger partial charge in [-0.25, -0.2) is 9.78 Å². The Hall–Kier alpha value is -2.63. The number of amides is 1. The molecule has 1 atom stereocenters. The van der Waals surface area contributed by atoms with Crippen molar-refractivity contribution in [1.82, 2.24) is 14.9 Å². The predicted octanol–water partition coefficient (Wildman–Crippen LogP) is 0.827. The maximum atomic E-state index is 11.9. The van der Waals surface area contributed by atoms with E-state index in [0.29, 0.717) is 18.8 Å².